The van der Waals surface area contributed by atoms with Gasteiger partial charge in [-0.05, 0) is 19.3 Å². The standard InChI is InChI=1S/C14H27N3O2/c1-3-12-9-16(5-4-13(12)15)10-14(18)17-6-7-19-11(2)8-17/h11-13H,3-10,15H2,1-2H3. The number of carbonyl (C=O) groups is 1. The molecule has 19 heavy (non-hydrogen) atoms. The third kappa shape index (κ3) is 3.91. The predicted octanol–water partition coefficient (Wildman–Crippen LogP) is 0.293. The number of likely N-dealkylation sites (tertiary alicyclic amines) is 1. The van der Waals surface area contributed by atoms with E-state index in [1.165, 1.54) is 0 Å². The summed E-state index contributed by atoms with van der Waals surface area (Å²) in [6, 6.07) is 0.305. The molecule has 3 atom stereocenters. The van der Waals surface area contributed by atoms with Crippen molar-refractivity contribution in [1.29, 1.82) is 0 Å². The first-order valence-electron chi connectivity index (χ1n) is 7.47. The Kier molecular flexibility index (Phi) is 5.19. The molecule has 1 amide bonds. The SMILES string of the molecule is CCC1CN(CC(=O)N2CCOC(C)C2)CCC1N. The third-order valence-corrected chi connectivity index (χ3v) is 4.35. The summed E-state index contributed by atoms with van der Waals surface area (Å²) in [5.41, 5.74) is 6.10. The average molecular weight is 269 g/mol. The lowest BCUT2D eigenvalue weighted by molar-refractivity contribution is -0.139. The number of hydrogen-bond donors (Lipinski definition) is 1. The lowest BCUT2D eigenvalue weighted by atomic mass is 9.91. The van der Waals surface area contributed by atoms with Gasteiger partial charge in [0.25, 0.3) is 0 Å². The zero-order chi connectivity index (χ0) is 13.8. The minimum Gasteiger partial charge on any atom is -0.375 e. The van der Waals surface area contributed by atoms with Crippen LogP contribution in [0.25, 0.3) is 0 Å². The van der Waals surface area contributed by atoms with Crippen molar-refractivity contribution in [3.63, 3.8) is 0 Å². The summed E-state index contributed by atoms with van der Waals surface area (Å²) in [5, 5.41) is 0. The van der Waals surface area contributed by atoms with Gasteiger partial charge in [0, 0.05) is 32.2 Å². The molecule has 0 aliphatic carbocycles. The van der Waals surface area contributed by atoms with Crippen LogP contribution in [0.5, 0.6) is 0 Å². The van der Waals surface area contributed by atoms with E-state index < -0.39 is 0 Å². The van der Waals surface area contributed by atoms with E-state index in [1.807, 2.05) is 11.8 Å². The smallest absolute Gasteiger partial charge is 0.236 e. The van der Waals surface area contributed by atoms with Gasteiger partial charge < -0.3 is 15.4 Å². The van der Waals surface area contributed by atoms with E-state index in [1.54, 1.807) is 0 Å². The summed E-state index contributed by atoms with van der Waals surface area (Å²) in [5.74, 6) is 0.769. The molecule has 0 radical (unpaired) electrons. The summed E-state index contributed by atoms with van der Waals surface area (Å²) in [6.45, 7) is 8.76. The first kappa shape index (κ1) is 14.8. The molecule has 2 rings (SSSR count). The maximum absolute atomic E-state index is 12.3. The highest BCUT2D eigenvalue weighted by molar-refractivity contribution is 5.78. The van der Waals surface area contributed by atoms with Crippen LogP contribution in [0.2, 0.25) is 0 Å². The zero-order valence-electron chi connectivity index (χ0n) is 12.2. The van der Waals surface area contributed by atoms with Crippen molar-refractivity contribution in [2.24, 2.45) is 11.7 Å². The molecule has 2 aliphatic heterocycles. The van der Waals surface area contributed by atoms with Gasteiger partial charge in [-0.1, -0.05) is 13.3 Å². The van der Waals surface area contributed by atoms with Crippen LogP contribution >= 0.6 is 0 Å². The fourth-order valence-corrected chi connectivity index (χ4v) is 3.04. The van der Waals surface area contributed by atoms with Gasteiger partial charge in [0.05, 0.1) is 19.3 Å². The van der Waals surface area contributed by atoms with E-state index >= 15 is 0 Å². The Bertz CT molecular complexity index is 311. The number of nitrogens with two attached hydrogens (primary N) is 1. The Labute approximate surface area is 116 Å². The molecule has 5 nitrogen and oxygen atoms in total. The van der Waals surface area contributed by atoms with Crippen LogP contribution in [0.3, 0.4) is 0 Å². The molecule has 2 N–H and O–H groups in total. The van der Waals surface area contributed by atoms with E-state index in [2.05, 4.69) is 11.8 Å². The second-order valence-electron chi connectivity index (χ2n) is 5.88. The van der Waals surface area contributed by atoms with E-state index in [0.717, 1.165) is 39.0 Å². The molecule has 2 heterocycles. The molecule has 0 aromatic heterocycles. The number of hydrogen-bond acceptors (Lipinski definition) is 4. The van der Waals surface area contributed by atoms with Gasteiger partial charge in [-0.3, -0.25) is 9.69 Å². The number of carbonyl (C=O) groups excluding carboxylic acids is 1. The molecule has 0 aromatic carbocycles. The van der Waals surface area contributed by atoms with Crippen LogP contribution in [-0.2, 0) is 9.53 Å². The summed E-state index contributed by atoms with van der Waals surface area (Å²) in [6.07, 6.45) is 2.27. The second-order valence-corrected chi connectivity index (χ2v) is 5.88. The summed E-state index contributed by atoms with van der Waals surface area (Å²) >= 11 is 0. The van der Waals surface area contributed by atoms with Crippen molar-refractivity contribution in [2.45, 2.75) is 38.8 Å². The van der Waals surface area contributed by atoms with Crippen molar-refractivity contribution in [1.82, 2.24) is 9.80 Å². The molecular weight excluding hydrogens is 242 g/mol. The Morgan fingerprint density at radius 2 is 2.16 bits per heavy atom. The highest BCUT2D eigenvalue weighted by atomic mass is 16.5. The third-order valence-electron chi connectivity index (χ3n) is 4.35. The molecule has 0 saturated carbocycles. The minimum absolute atomic E-state index is 0.163. The number of ether oxygens (including phenoxy) is 1. The van der Waals surface area contributed by atoms with Crippen molar-refractivity contribution in [3.8, 4) is 0 Å². The monoisotopic (exact) mass is 269 g/mol. The highest BCUT2D eigenvalue weighted by Crippen LogP contribution is 2.18. The fourth-order valence-electron chi connectivity index (χ4n) is 3.04. The van der Waals surface area contributed by atoms with Crippen LogP contribution in [0, 0.1) is 5.92 Å². The molecular formula is C14H27N3O2. The Balaban J connectivity index is 1.81. The lowest BCUT2D eigenvalue weighted by Gasteiger charge is -2.38. The van der Waals surface area contributed by atoms with Gasteiger partial charge in [0.1, 0.15) is 0 Å². The summed E-state index contributed by atoms with van der Waals surface area (Å²) < 4.78 is 5.47. The summed E-state index contributed by atoms with van der Waals surface area (Å²) in [4.78, 5) is 16.5. The number of morpholine rings is 1. The minimum atomic E-state index is 0.163. The molecule has 2 aliphatic rings. The zero-order valence-corrected chi connectivity index (χ0v) is 12.2. The van der Waals surface area contributed by atoms with Crippen molar-refractivity contribution in [2.75, 3.05) is 39.3 Å². The first-order valence-corrected chi connectivity index (χ1v) is 7.47. The maximum atomic E-state index is 12.3. The quantitative estimate of drug-likeness (QED) is 0.800. The van der Waals surface area contributed by atoms with Crippen molar-refractivity contribution >= 4 is 5.91 Å². The first-order chi connectivity index (χ1) is 9.10. The van der Waals surface area contributed by atoms with Crippen molar-refractivity contribution < 1.29 is 9.53 Å². The number of amides is 1. The lowest BCUT2D eigenvalue weighted by Crippen LogP contribution is -2.52. The second kappa shape index (κ2) is 6.68. The summed E-state index contributed by atoms with van der Waals surface area (Å²) in [7, 11) is 0. The van der Waals surface area contributed by atoms with Gasteiger partial charge in [-0.25, -0.2) is 0 Å². The van der Waals surface area contributed by atoms with Gasteiger partial charge in [-0.2, -0.15) is 0 Å². The van der Waals surface area contributed by atoms with Crippen molar-refractivity contribution in [3.05, 3.63) is 0 Å². The van der Waals surface area contributed by atoms with Crippen LogP contribution in [0.4, 0.5) is 0 Å². The number of rotatable bonds is 3. The number of nitrogens with zero attached hydrogens (tertiary/aromatic N) is 2. The maximum Gasteiger partial charge on any atom is 0.236 e. The van der Waals surface area contributed by atoms with E-state index in [9.17, 15) is 4.79 Å². The van der Waals surface area contributed by atoms with Gasteiger partial charge in [-0.15, -0.1) is 0 Å². The largest absolute Gasteiger partial charge is 0.375 e. The molecule has 0 aromatic rings. The van der Waals surface area contributed by atoms with Crippen LogP contribution in [0.15, 0.2) is 0 Å². The molecule has 0 bridgehead atoms. The molecule has 0 spiro atoms. The normalized spacial score (nSPS) is 33.4. The van der Waals surface area contributed by atoms with E-state index in [4.69, 9.17) is 10.5 Å². The highest BCUT2D eigenvalue weighted by Gasteiger charge is 2.28. The molecule has 2 saturated heterocycles. The van der Waals surface area contributed by atoms with E-state index in [-0.39, 0.29) is 12.0 Å². The Hall–Kier alpha value is -0.650. The molecule has 5 heteroatoms. The van der Waals surface area contributed by atoms with Gasteiger partial charge in [0.2, 0.25) is 5.91 Å². The van der Waals surface area contributed by atoms with Crippen LogP contribution in [-0.4, -0.2) is 67.2 Å². The molecule has 3 unspecified atom stereocenters. The Morgan fingerprint density at radius 1 is 1.37 bits per heavy atom. The van der Waals surface area contributed by atoms with Gasteiger partial charge >= 0.3 is 0 Å². The fraction of sp³-hybridized carbons (Fsp3) is 0.929. The topological polar surface area (TPSA) is 58.8 Å². The van der Waals surface area contributed by atoms with E-state index in [0.29, 0.717) is 25.1 Å². The molecule has 2 fully saturated rings. The van der Waals surface area contributed by atoms with Crippen LogP contribution in [0.1, 0.15) is 26.7 Å². The predicted molar refractivity (Wildman–Crippen MR) is 74.8 cm³/mol. The average Bonchev–Trinajstić information content (AvgIpc) is 2.41. The van der Waals surface area contributed by atoms with Crippen LogP contribution < -0.4 is 5.73 Å². The number of piperidine rings is 1. The van der Waals surface area contributed by atoms with Gasteiger partial charge in [0.15, 0.2) is 0 Å². The molecule has 110 valence electrons. The Morgan fingerprint density at radius 3 is 2.84 bits per heavy atom.